The zero-order chi connectivity index (χ0) is 9.76. The molecule has 14 heavy (non-hydrogen) atoms. The standard InChI is InChI=1S/C9H9BrN4/c10-7-8-13-6(9(11)1-2-9)5-14(8)4-3-12-7/h3-5H,1-2,11H2. The summed E-state index contributed by atoms with van der Waals surface area (Å²) in [4.78, 5) is 8.59. The van der Waals surface area contributed by atoms with Crippen molar-refractivity contribution >= 4 is 21.6 Å². The van der Waals surface area contributed by atoms with Crippen LogP contribution >= 0.6 is 15.9 Å². The molecule has 2 aromatic rings. The summed E-state index contributed by atoms with van der Waals surface area (Å²) in [6.45, 7) is 0. The van der Waals surface area contributed by atoms with Gasteiger partial charge in [0.25, 0.3) is 0 Å². The summed E-state index contributed by atoms with van der Waals surface area (Å²) in [6.07, 6.45) is 7.65. The van der Waals surface area contributed by atoms with Gasteiger partial charge in [-0.05, 0) is 28.8 Å². The van der Waals surface area contributed by atoms with Gasteiger partial charge in [-0.15, -0.1) is 0 Å². The third kappa shape index (κ3) is 1.09. The second-order valence-corrected chi connectivity index (χ2v) is 4.48. The first-order valence-electron chi connectivity index (χ1n) is 4.48. The van der Waals surface area contributed by atoms with Crippen molar-refractivity contribution in [2.75, 3.05) is 0 Å². The summed E-state index contributed by atoms with van der Waals surface area (Å²) < 4.78 is 2.70. The van der Waals surface area contributed by atoms with Crippen LogP contribution in [-0.2, 0) is 5.54 Å². The summed E-state index contributed by atoms with van der Waals surface area (Å²) >= 11 is 3.36. The number of aromatic nitrogens is 3. The number of nitrogens with zero attached hydrogens (tertiary/aromatic N) is 3. The first kappa shape index (κ1) is 8.38. The van der Waals surface area contributed by atoms with Gasteiger partial charge in [-0.3, -0.25) is 0 Å². The van der Waals surface area contributed by atoms with E-state index in [-0.39, 0.29) is 5.54 Å². The predicted molar refractivity (Wildman–Crippen MR) is 55.8 cm³/mol. The highest BCUT2D eigenvalue weighted by Crippen LogP contribution is 2.42. The Bertz CT molecular complexity index is 500. The highest BCUT2D eigenvalue weighted by atomic mass is 79.9. The lowest BCUT2D eigenvalue weighted by Gasteiger charge is -2.00. The van der Waals surface area contributed by atoms with E-state index in [1.54, 1.807) is 6.20 Å². The van der Waals surface area contributed by atoms with Gasteiger partial charge in [0.1, 0.15) is 4.60 Å². The predicted octanol–water partition coefficient (Wildman–Crippen LogP) is 1.44. The maximum atomic E-state index is 6.07. The fourth-order valence-corrected chi connectivity index (χ4v) is 1.93. The molecule has 2 aromatic heterocycles. The highest BCUT2D eigenvalue weighted by Gasteiger charge is 2.42. The molecule has 0 aromatic carbocycles. The SMILES string of the molecule is NC1(c2cn3ccnc(Br)c3n2)CC1. The lowest BCUT2D eigenvalue weighted by molar-refractivity contribution is 0.715. The van der Waals surface area contributed by atoms with Crippen molar-refractivity contribution in [1.82, 2.24) is 14.4 Å². The molecule has 0 amide bonds. The minimum Gasteiger partial charge on any atom is -0.320 e. The molecule has 4 nitrogen and oxygen atoms in total. The quantitative estimate of drug-likeness (QED) is 0.836. The molecule has 1 aliphatic carbocycles. The molecule has 2 heterocycles. The molecule has 0 spiro atoms. The highest BCUT2D eigenvalue weighted by molar-refractivity contribution is 9.10. The second-order valence-electron chi connectivity index (χ2n) is 3.73. The number of imidazole rings is 1. The average molecular weight is 253 g/mol. The first-order chi connectivity index (χ1) is 6.69. The molecule has 0 bridgehead atoms. The number of halogens is 1. The largest absolute Gasteiger partial charge is 0.320 e. The second kappa shape index (κ2) is 2.55. The Labute approximate surface area is 89.3 Å². The third-order valence-electron chi connectivity index (χ3n) is 2.63. The Hall–Kier alpha value is -0.940. The molecule has 5 heteroatoms. The van der Waals surface area contributed by atoms with E-state index >= 15 is 0 Å². The van der Waals surface area contributed by atoms with Gasteiger partial charge in [-0.1, -0.05) is 0 Å². The zero-order valence-corrected chi connectivity index (χ0v) is 9.03. The van der Waals surface area contributed by atoms with Crippen molar-refractivity contribution in [3.8, 4) is 0 Å². The number of nitrogens with two attached hydrogens (primary N) is 1. The van der Waals surface area contributed by atoms with Crippen LogP contribution in [0.3, 0.4) is 0 Å². The fourth-order valence-electron chi connectivity index (χ4n) is 1.52. The van der Waals surface area contributed by atoms with E-state index in [2.05, 4.69) is 25.9 Å². The van der Waals surface area contributed by atoms with E-state index in [0.29, 0.717) is 0 Å². The molecule has 1 fully saturated rings. The number of hydrogen-bond donors (Lipinski definition) is 1. The number of hydrogen-bond acceptors (Lipinski definition) is 3. The van der Waals surface area contributed by atoms with E-state index in [0.717, 1.165) is 28.8 Å². The number of rotatable bonds is 1. The van der Waals surface area contributed by atoms with Crippen LogP contribution in [0.25, 0.3) is 5.65 Å². The van der Waals surface area contributed by atoms with Crippen molar-refractivity contribution in [2.24, 2.45) is 5.73 Å². The average Bonchev–Trinajstić information content (AvgIpc) is 2.77. The van der Waals surface area contributed by atoms with Gasteiger partial charge in [0.15, 0.2) is 5.65 Å². The maximum absolute atomic E-state index is 6.07. The Balaban J connectivity index is 2.25. The van der Waals surface area contributed by atoms with Gasteiger partial charge in [0, 0.05) is 18.6 Å². The lowest BCUT2D eigenvalue weighted by atomic mass is 10.2. The van der Waals surface area contributed by atoms with Crippen LogP contribution in [0.2, 0.25) is 0 Å². The third-order valence-corrected chi connectivity index (χ3v) is 3.19. The Morgan fingerprint density at radius 2 is 2.29 bits per heavy atom. The Kier molecular flexibility index (Phi) is 1.52. The van der Waals surface area contributed by atoms with E-state index in [1.807, 2.05) is 16.8 Å². The van der Waals surface area contributed by atoms with E-state index in [4.69, 9.17) is 5.73 Å². The summed E-state index contributed by atoms with van der Waals surface area (Å²) in [5, 5.41) is 0. The number of fused-ring (bicyclic) bond motifs is 1. The molecular formula is C9H9BrN4. The zero-order valence-electron chi connectivity index (χ0n) is 7.44. The smallest absolute Gasteiger partial charge is 0.170 e. The van der Waals surface area contributed by atoms with Crippen LogP contribution in [0.5, 0.6) is 0 Å². The topological polar surface area (TPSA) is 56.2 Å². The fraction of sp³-hybridized carbons (Fsp3) is 0.333. The monoisotopic (exact) mass is 252 g/mol. The summed E-state index contributed by atoms with van der Waals surface area (Å²) in [5.74, 6) is 0. The van der Waals surface area contributed by atoms with Gasteiger partial charge in [0.2, 0.25) is 0 Å². The molecule has 72 valence electrons. The normalized spacial score (nSPS) is 18.7. The van der Waals surface area contributed by atoms with Crippen LogP contribution in [0.4, 0.5) is 0 Å². The van der Waals surface area contributed by atoms with Crippen molar-refractivity contribution in [1.29, 1.82) is 0 Å². The summed E-state index contributed by atoms with van der Waals surface area (Å²) in [5.41, 5.74) is 7.69. The molecule has 3 rings (SSSR count). The van der Waals surface area contributed by atoms with Crippen molar-refractivity contribution < 1.29 is 0 Å². The lowest BCUT2D eigenvalue weighted by Crippen LogP contribution is -2.18. The van der Waals surface area contributed by atoms with Gasteiger partial charge in [-0.2, -0.15) is 0 Å². The van der Waals surface area contributed by atoms with E-state index in [1.165, 1.54) is 0 Å². The van der Waals surface area contributed by atoms with Crippen molar-refractivity contribution in [2.45, 2.75) is 18.4 Å². The summed E-state index contributed by atoms with van der Waals surface area (Å²) in [6, 6.07) is 0. The van der Waals surface area contributed by atoms with Crippen LogP contribution in [-0.4, -0.2) is 14.4 Å². The summed E-state index contributed by atoms with van der Waals surface area (Å²) in [7, 11) is 0. The Morgan fingerprint density at radius 1 is 1.50 bits per heavy atom. The van der Waals surface area contributed by atoms with Gasteiger partial charge >= 0.3 is 0 Å². The molecule has 0 unspecified atom stereocenters. The van der Waals surface area contributed by atoms with Crippen LogP contribution in [0, 0.1) is 0 Å². The van der Waals surface area contributed by atoms with E-state index in [9.17, 15) is 0 Å². The molecule has 1 saturated carbocycles. The van der Waals surface area contributed by atoms with Crippen LogP contribution in [0.1, 0.15) is 18.5 Å². The van der Waals surface area contributed by atoms with Crippen molar-refractivity contribution in [3.05, 3.63) is 28.9 Å². The van der Waals surface area contributed by atoms with Crippen molar-refractivity contribution in [3.63, 3.8) is 0 Å². The van der Waals surface area contributed by atoms with E-state index < -0.39 is 0 Å². The first-order valence-corrected chi connectivity index (χ1v) is 5.27. The molecule has 0 aliphatic heterocycles. The molecule has 0 saturated heterocycles. The minimum absolute atomic E-state index is 0.175. The molecular weight excluding hydrogens is 244 g/mol. The minimum atomic E-state index is -0.175. The van der Waals surface area contributed by atoms with Gasteiger partial charge < -0.3 is 10.1 Å². The van der Waals surface area contributed by atoms with Gasteiger partial charge in [-0.25, -0.2) is 9.97 Å². The Morgan fingerprint density at radius 3 is 2.93 bits per heavy atom. The maximum Gasteiger partial charge on any atom is 0.170 e. The molecule has 0 atom stereocenters. The van der Waals surface area contributed by atoms with Gasteiger partial charge in [0.05, 0.1) is 11.2 Å². The molecule has 2 N–H and O–H groups in total. The van der Waals surface area contributed by atoms with Crippen LogP contribution in [0.15, 0.2) is 23.2 Å². The van der Waals surface area contributed by atoms with Crippen LogP contribution < -0.4 is 5.73 Å². The molecule has 1 aliphatic rings. The molecule has 0 radical (unpaired) electrons.